The Morgan fingerprint density at radius 1 is 1.50 bits per heavy atom. The first kappa shape index (κ1) is 15.3. The molecule has 5 heteroatoms. The summed E-state index contributed by atoms with van der Waals surface area (Å²) in [4.78, 5) is 13.2. The molecular weight excluding hydrogens is 206 g/mol. The highest BCUT2D eigenvalue weighted by atomic mass is 16.3. The first-order chi connectivity index (χ1) is 7.65. The van der Waals surface area contributed by atoms with E-state index in [-0.39, 0.29) is 12.5 Å². The lowest BCUT2D eigenvalue weighted by Crippen LogP contribution is -2.38. The molecule has 0 aromatic heterocycles. The Balaban J connectivity index is 3.94. The van der Waals surface area contributed by atoms with E-state index in [9.17, 15) is 4.79 Å². The zero-order valence-electron chi connectivity index (χ0n) is 10.4. The minimum absolute atomic E-state index is 0.133. The van der Waals surface area contributed by atoms with E-state index >= 15 is 0 Å². The number of unbranched alkanes of at least 4 members (excludes halogenated alkanes) is 1. The first-order valence-electron chi connectivity index (χ1n) is 6.00. The second-order valence-electron chi connectivity index (χ2n) is 4.07. The summed E-state index contributed by atoms with van der Waals surface area (Å²) in [6, 6.07) is 0.302. The van der Waals surface area contributed by atoms with Gasteiger partial charge < -0.3 is 5.11 Å². The summed E-state index contributed by atoms with van der Waals surface area (Å²) in [7, 11) is 0. The Morgan fingerprint density at radius 3 is 2.69 bits per heavy atom. The molecule has 0 aromatic carbocycles. The maximum atomic E-state index is 11.0. The van der Waals surface area contributed by atoms with Gasteiger partial charge in [-0.2, -0.15) is 0 Å². The molecule has 1 atom stereocenters. The van der Waals surface area contributed by atoms with Crippen LogP contribution in [0.15, 0.2) is 0 Å². The molecule has 0 spiro atoms. The molecule has 5 nitrogen and oxygen atoms in total. The number of rotatable bonds is 9. The largest absolute Gasteiger partial charge is 0.395 e. The minimum atomic E-state index is -0.133. The van der Waals surface area contributed by atoms with Gasteiger partial charge in [-0.15, -0.1) is 0 Å². The fraction of sp³-hybridized carbons (Fsp3) is 0.909. The van der Waals surface area contributed by atoms with Crippen molar-refractivity contribution in [1.29, 1.82) is 0 Å². The van der Waals surface area contributed by atoms with Gasteiger partial charge in [0.15, 0.2) is 0 Å². The second kappa shape index (κ2) is 9.57. The third-order valence-electron chi connectivity index (χ3n) is 2.76. The Kier molecular flexibility index (Phi) is 9.18. The summed E-state index contributed by atoms with van der Waals surface area (Å²) in [5.74, 6) is 4.89. The van der Waals surface area contributed by atoms with Crippen molar-refractivity contribution in [2.24, 2.45) is 5.84 Å². The standard InChI is InChI=1S/C11H25N3O2/c1-3-4-7-14(8-9-15)10(2)5-6-11(16)13-12/h10,15H,3-9,12H2,1-2H3,(H,13,16). The number of nitrogens with two attached hydrogens (primary N) is 1. The van der Waals surface area contributed by atoms with Crippen LogP contribution in [0.5, 0.6) is 0 Å². The lowest BCUT2D eigenvalue weighted by atomic mass is 10.1. The summed E-state index contributed by atoms with van der Waals surface area (Å²) in [6.07, 6.45) is 3.46. The van der Waals surface area contributed by atoms with E-state index in [1.54, 1.807) is 0 Å². The van der Waals surface area contributed by atoms with E-state index in [0.29, 0.717) is 19.0 Å². The average Bonchev–Trinajstić information content (AvgIpc) is 2.30. The number of nitrogens with zero attached hydrogens (tertiary/aromatic N) is 1. The summed E-state index contributed by atoms with van der Waals surface area (Å²) in [5, 5.41) is 8.97. The highest BCUT2D eigenvalue weighted by Gasteiger charge is 2.13. The molecule has 0 fully saturated rings. The molecule has 16 heavy (non-hydrogen) atoms. The number of aliphatic hydroxyl groups is 1. The quantitative estimate of drug-likeness (QED) is 0.302. The van der Waals surface area contributed by atoms with Crippen LogP contribution in [0.4, 0.5) is 0 Å². The van der Waals surface area contributed by atoms with Crippen LogP contribution in [0.3, 0.4) is 0 Å². The number of aliphatic hydroxyl groups excluding tert-OH is 1. The molecule has 0 aromatic rings. The molecule has 96 valence electrons. The van der Waals surface area contributed by atoms with Crippen LogP contribution in [0.25, 0.3) is 0 Å². The molecule has 0 rings (SSSR count). The lowest BCUT2D eigenvalue weighted by Gasteiger charge is -2.28. The van der Waals surface area contributed by atoms with Gasteiger partial charge in [0.05, 0.1) is 6.61 Å². The van der Waals surface area contributed by atoms with Crippen molar-refractivity contribution >= 4 is 5.91 Å². The van der Waals surface area contributed by atoms with Crippen molar-refractivity contribution in [1.82, 2.24) is 10.3 Å². The van der Waals surface area contributed by atoms with Gasteiger partial charge in [-0.3, -0.25) is 15.1 Å². The number of amides is 1. The number of nitrogens with one attached hydrogen (secondary N) is 1. The van der Waals surface area contributed by atoms with Gasteiger partial charge in [0.25, 0.3) is 0 Å². The van der Waals surface area contributed by atoms with E-state index < -0.39 is 0 Å². The van der Waals surface area contributed by atoms with Gasteiger partial charge in [0.2, 0.25) is 5.91 Å². The number of hydrazine groups is 1. The second-order valence-corrected chi connectivity index (χ2v) is 4.07. The fourth-order valence-corrected chi connectivity index (χ4v) is 1.64. The number of carbonyl (C=O) groups excluding carboxylic acids is 1. The molecule has 0 aliphatic carbocycles. The molecule has 1 amide bonds. The van der Waals surface area contributed by atoms with Gasteiger partial charge in [-0.25, -0.2) is 5.84 Å². The van der Waals surface area contributed by atoms with Crippen LogP contribution in [0, 0.1) is 0 Å². The first-order valence-corrected chi connectivity index (χ1v) is 6.00. The van der Waals surface area contributed by atoms with Crippen molar-refractivity contribution in [3.8, 4) is 0 Å². The zero-order chi connectivity index (χ0) is 12.4. The molecule has 0 saturated heterocycles. The maximum absolute atomic E-state index is 11.0. The van der Waals surface area contributed by atoms with E-state index in [1.165, 1.54) is 0 Å². The van der Waals surface area contributed by atoms with Crippen molar-refractivity contribution in [3.05, 3.63) is 0 Å². The van der Waals surface area contributed by atoms with Crippen LogP contribution >= 0.6 is 0 Å². The Morgan fingerprint density at radius 2 is 2.19 bits per heavy atom. The van der Waals surface area contributed by atoms with Gasteiger partial charge in [0.1, 0.15) is 0 Å². The highest BCUT2D eigenvalue weighted by Crippen LogP contribution is 2.07. The molecule has 4 N–H and O–H groups in total. The van der Waals surface area contributed by atoms with Crippen LogP contribution in [-0.2, 0) is 4.79 Å². The molecule has 0 bridgehead atoms. The molecule has 1 unspecified atom stereocenters. The van der Waals surface area contributed by atoms with Crippen LogP contribution in [0.2, 0.25) is 0 Å². The van der Waals surface area contributed by atoms with E-state index in [1.807, 2.05) is 0 Å². The van der Waals surface area contributed by atoms with E-state index in [4.69, 9.17) is 10.9 Å². The van der Waals surface area contributed by atoms with E-state index in [2.05, 4.69) is 24.2 Å². The predicted molar refractivity (Wildman–Crippen MR) is 64.6 cm³/mol. The topological polar surface area (TPSA) is 78.6 Å². The van der Waals surface area contributed by atoms with Crippen LogP contribution in [-0.4, -0.2) is 41.7 Å². The third kappa shape index (κ3) is 6.76. The smallest absolute Gasteiger partial charge is 0.233 e. The third-order valence-corrected chi connectivity index (χ3v) is 2.76. The van der Waals surface area contributed by atoms with Gasteiger partial charge in [-0.05, 0) is 26.3 Å². The van der Waals surface area contributed by atoms with Gasteiger partial charge in [0, 0.05) is 19.0 Å². The molecule has 0 heterocycles. The van der Waals surface area contributed by atoms with Crippen LogP contribution < -0.4 is 11.3 Å². The summed E-state index contributed by atoms with van der Waals surface area (Å²) >= 11 is 0. The molecule has 0 radical (unpaired) electrons. The number of hydrogen-bond acceptors (Lipinski definition) is 4. The molecule has 0 aliphatic heterocycles. The molecule has 0 aliphatic rings. The van der Waals surface area contributed by atoms with Crippen molar-refractivity contribution in [3.63, 3.8) is 0 Å². The normalized spacial score (nSPS) is 12.8. The zero-order valence-corrected chi connectivity index (χ0v) is 10.4. The SMILES string of the molecule is CCCCN(CCO)C(C)CCC(=O)NN. The fourth-order valence-electron chi connectivity index (χ4n) is 1.64. The Labute approximate surface area is 98.0 Å². The van der Waals surface area contributed by atoms with Gasteiger partial charge in [-0.1, -0.05) is 13.3 Å². The number of carbonyl (C=O) groups is 1. The minimum Gasteiger partial charge on any atom is -0.395 e. The van der Waals surface area contributed by atoms with E-state index in [0.717, 1.165) is 25.8 Å². The van der Waals surface area contributed by atoms with Crippen molar-refractivity contribution < 1.29 is 9.90 Å². The predicted octanol–water partition coefficient (Wildman–Crippen LogP) is 0.239. The highest BCUT2D eigenvalue weighted by molar-refractivity contribution is 5.75. The summed E-state index contributed by atoms with van der Waals surface area (Å²) in [5.41, 5.74) is 2.13. The van der Waals surface area contributed by atoms with Crippen molar-refractivity contribution in [2.45, 2.75) is 45.6 Å². The maximum Gasteiger partial charge on any atom is 0.233 e. The summed E-state index contributed by atoms with van der Waals surface area (Å²) < 4.78 is 0. The molecular formula is C11H25N3O2. The van der Waals surface area contributed by atoms with Crippen LogP contribution in [0.1, 0.15) is 39.5 Å². The Bertz CT molecular complexity index is 188. The average molecular weight is 231 g/mol. The Hall–Kier alpha value is -0.650. The summed E-state index contributed by atoms with van der Waals surface area (Å²) in [6.45, 7) is 6.03. The molecule has 0 saturated carbocycles. The monoisotopic (exact) mass is 231 g/mol. The van der Waals surface area contributed by atoms with Gasteiger partial charge >= 0.3 is 0 Å². The lowest BCUT2D eigenvalue weighted by molar-refractivity contribution is -0.121. The number of hydrogen-bond donors (Lipinski definition) is 3. The van der Waals surface area contributed by atoms with Crippen molar-refractivity contribution in [2.75, 3.05) is 19.7 Å².